The molecule has 2 heterocycles. The van der Waals surface area contributed by atoms with Gasteiger partial charge in [-0.3, -0.25) is 4.79 Å². The van der Waals surface area contributed by atoms with Gasteiger partial charge in [-0.2, -0.15) is 0 Å². The minimum Gasteiger partial charge on any atom is -0.492 e. The number of hydrogen-bond acceptors (Lipinski definition) is 3. The maximum absolute atomic E-state index is 12.7. The first-order valence-electron chi connectivity index (χ1n) is 8.42. The van der Waals surface area contributed by atoms with Crippen molar-refractivity contribution in [1.82, 2.24) is 10.2 Å². The number of benzene rings is 1. The fourth-order valence-electron chi connectivity index (χ4n) is 3.54. The largest absolute Gasteiger partial charge is 0.492 e. The van der Waals surface area contributed by atoms with Gasteiger partial charge in [0.15, 0.2) is 0 Å². The monoisotopic (exact) mass is 302 g/mol. The molecule has 4 heteroatoms. The Morgan fingerprint density at radius 2 is 2.09 bits per heavy atom. The summed E-state index contributed by atoms with van der Waals surface area (Å²) in [6.45, 7) is 3.41. The first-order chi connectivity index (χ1) is 10.8. The molecule has 1 amide bonds. The zero-order valence-electron chi connectivity index (χ0n) is 13.4. The Morgan fingerprint density at radius 3 is 2.86 bits per heavy atom. The molecule has 1 fully saturated rings. The van der Waals surface area contributed by atoms with Crippen LogP contribution >= 0.6 is 0 Å². The van der Waals surface area contributed by atoms with E-state index in [1.54, 1.807) is 0 Å². The topological polar surface area (TPSA) is 41.6 Å². The van der Waals surface area contributed by atoms with Crippen molar-refractivity contribution >= 4 is 5.91 Å². The van der Waals surface area contributed by atoms with E-state index in [9.17, 15) is 4.79 Å². The van der Waals surface area contributed by atoms with Gasteiger partial charge in [0.25, 0.3) is 0 Å². The van der Waals surface area contributed by atoms with E-state index in [1.165, 1.54) is 6.42 Å². The molecule has 0 spiro atoms. The van der Waals surface area contributed by atoms with Gasteiger partial charge in [0.2, 0.25) is 5.91 Å². The summed E-state index contributed by atoms with van der Waals surface area (Å²) in [5.74, 6) is 1.97. The molecule has 1 unspecified atom stereocenters. The van der Waals surface area contributed by atoms with E-state index in [2.05, 4.69) is 16.3 Å². The van der Waals surface area contributed by atoms with E-state index in [0.29, 0.717) is 6.61 Å². The predicted octanol–water partition coefficient (Wildman–Crippen LogP) is 2.09. The lowest BCUT2D eigenvalue weighted by Gasteiger charge is -2.35. The maximum atomic E-state index is 12.7. The van der Waals surface area contributed by atoms with Gasteiger partial charge in [0.05, 0.1) is 5.92 Å². The van der Waals surface area contributed by atoms with E-state index in [1.807, 2.05) is 25.2 Å². The molecular formula is C18H26N2O2. The summed E-state index contributed by atoms with van der Waals surface area (Å²) in [6.07, 6.45) is 4.31. The van der Waals surface area contributed by atoms with Gasteiger partial charge < -0.3 is 15.0 Å². The van der Waals surface area contributed by atoms with Gasteiger partial charge in [0, 0.05) is 13.1 Å². The Balaban J connectivity index is 1.53. The van der Waals surface area contributed by atoms with Crippen molar-refractivity contribution < 1.29 is 9.53 Å². The molecule has 0 bridgehead atoms. The van der Waals surface area contributed by atoms with Crippen LogP contribution in [0.5, 0.6) is 5.75 Å². The summed E-state index contributed by atoms with van der Waals surface area (Å²) in [5.41, 5.74) is 1.16. The van der Waals surface area contributed by atoms with Gasteiger partial charge >= 0.3 is 0 Å². The highest BCUT2D eigenvalue weighted by molar-refractivity contribution is 5.80. The van der Waals surface area contributed by atoms with E-state index in [-0.39, 0.29) is 11.8 Å². The number of ether oxygens (including phenoxy) is 1. The third-order valence-electron chi connectivity index (χ3n) is 4.96. The molecule has 0 saturated carbocycles. The highest BCUT2D eigenvalue weighted by atomic mass is 16.5. The van der Waals surface area contributed by atoms with Crippen LogP contribution in [0.3, 0.4) is 0 Å². The number of likely N-dealkylation sites (tertiary alicyclic amines) is 1. The third kappa shape index (κ3) is 3.43. The normalized spacial score (nSPS) is 22.0. The number of piperidine rings is 1. The summed E-state index contributed by atoms with van der Waals surface area (Å²) >= 11 is 0. The van der Waals surface area contributed by atoms with Crippen LogP contribution < -0.4 is 10.1 Å². The molecule has 0 aliphatic carbocycles. The van der Waals surface area contributed by atoms with Crippen LogP contribution in [-0.4, -0.2) is 44.1 Å². The Hall–Kier alpha value is -1.55. The van der Waals surface area contributed by atoms with Crippen molar-refractivity contribution in [2.45, 2.75) is 25.7 Å². The van der Waals surface area contributed by atoms with Crippen molar-refractivity contribution in [2.75, 3.05) is 33.3 Å². The van der Waals surface area contributed by atoms with Gasteiger partial charge in [-0.05, 0) is 56.8 Å². The van der Waals surface area contributed by atoms with Crippen LogP contribution in [0.15, 0.2) is 24.3 Å². The van der Waals surface area contributed by atoms with Crippen molar-refractivity contribution in [2.24, 2.45) is 11.8 Å². The molecule has 1 aromatic carbocycles. The molecule has 1 aromatic rings. The second kappa shape index (κ2) is 7.14. The number of fused-ring (bicyclic) bond motifs is 1. The lowest BCUT2D eigenvalue weighted by atomic mass is 9.91. The molecule has 3 rings (SSSR count). The Labute approximate surface area is 132 Å². The average molecular weight is 302 g/mol. The Kier molecular flexibility index (Phi) is 4.98. The Bertz CT molecular complexity index is 510. The number of carbonyl (C=O) groups excluding carboxylic acids is 1. The van der Waals surface area contributed by atoms with E-state index >= 15 is 0 Å². The first kappa shape index (κ1) is 15.3. The molecular weight excluding hydrogens is 276 g/mol. The summed E-state index contributed by atoms with van der Waals surface area (Å²) < 4.78 is 5.77. The van der Waals surface area contributed by atoms with E-state index < -0.39 is 0 Å². The number of rotatable bonds is 4. The SMILES string of the molecule is CNCCC1CCN(C(=O)C2COc3ccccc3C2)CC1. The number of carbonyl (C=O) groups is 1. The molecule has 2 aliphatic rings. The number of amides is 1. The predicted molar refractivity (Wildman–Crippen MR) is 87.0 cm³/mol. The van der Waals surface area contributed by atoms with Crippen LogP contribution in [0.1, 0.15) is 24.8 Å². The molecule has 4 nitrogen and oxygen atoms in total. The quantitative estimate of drug-likeness (QED) is 0.926. The maximum Gasteiger partial charge on any atom is 0.229 e. The minimum absolute atomic E-state index is 0.0104. The molecule has 1 N–H and O–H groups in total. The number of nitrogens with zero attached hydrogens (tertiary/aromatic N) is 1. The highest BCUT2D eigenvalue weighted by Crippen LogP contribution is 2.29. The fraction of sp³-hybridized carbons (Fsp3) is 0.611. The standard InChI is InChI=1S/C18H26N2O2/c1-19-9-6-14-7-10-20(11-8-14)18(21)16-12-15-4-2-3-5-17(15)22-13-16/h2-5,14,16,19H,6-13H2,1H3. The molecule has 1 saturated heterocycles. The number of nitrogens with one attached hydrogen (secondary N) is 1. The van der Waals surface area contributed by atoms with Crippen LogP contribution in [0.4, 0.5) is 0 Å². The van der Waals surface area contributed by atoms with Crippen LogP contribution in [0.2, 0.25) is 0 Å². The molecule has 1 atom stereocenters. The van der Waals surface area contributed by atoms with Crippen LogP contribution in [-0.2, 0) is 11.2 Å². The zero-order chi connectivity index (χ0) is 15.4. The van der Waals surface area contributed by atoms with E-state index in [4.69, 9.17) is 4.74 Å². The number of hydrogen-bond donors (Lipinski definition) is 1. The zero-order valence-corrected chi connectivity index (χ0v) is 13.4. The molecule has 0 radical (unpaired) electrons. The highest BCUT2D eigenvalue weighted by Gasteiger charge is 2.31. The van der Waals surface area contributed by atoms with Crippen molar-refractivity contribution in [3.63, 3.8) is 0 Å². The molecule has 22 heavy (non-hydrogen) atoms. The summed E-state index contributed by atoms with van der Waals surface area (Å²) in [4.78, 5) is 14.8. The minimum atomic E-state index is -0.0104. The lowest BCUT2D eigenvalue weighted by molar-refractivity contribution is -0.138. The van der Waals surface area contributed by atoms with Gasteiger partial charge in [-0.15, -0.1) is 0 Å². The molecule has 2 aliphatic heterocycles. The van der Waals surface area contributed by atoms with E-state index in [0.717, 1.165) is 56.1 Å². The molecule has 0 aromatic heterocycles. The lowest BCUT2D eigenvalue weighted by Crippen LogP contribution is -2.45. The van der Waals surface area contributed by atoms with Crippen LogP contribution in [0, 0.1) is 11.8 Å². The first-order valence-corrected chi connectivity index (χ1v) is 8.42. The summed E-state index contributed by atoms with van der Waals surface area (Å²) in [6, 6.07) is 8.06. The molecule has 120 valence electrons. The Morgan fingerprint density at radius 1 is 1.32 bits per heavy atom. The van der Waals surface area contributed by atoms with Crippen molar-refractivity contribution in [3.05, 3.63) is 29.8 Å². The summed E-state index contributed by atoms with van der Waals surface area (Å²) in [7, 11) is 2.00. The number of para-hydroxylation sites is 1. The van der Waals surface area contributed by atoms with Crippen LogP contribution in [0.25, 0.3) is 0 Å². The fourth-order valence-corrected chi connectivity index (χ4v) is 3.54. The second-order valence-corrected chi connectivity index (χ2v) is 6.48. The van der Waals surface area contributed by atoms with Gasteiger partial charge in [-0.1, -0.05) is 18.2 Å². The van der Waals surface area contributed by atoms with Gasteiger partial charge in [0.1, 0.15) is 12.4 Å². The third-order valence-corrected chi connectivity index (χ3v) is 4.96. The summed E-state index contributed by atoms with van der Waals surface area (Å²) in [5, 5.41) is 3.21. The second-order valence-electron chi connectivity index (χ2n) is 6.48. The van der Waals surface area contributed by atoms with Crippen molar-refractivity contribution in [1.29, 1.82) is 0 Å². The smallest absolute Gasteiger partial charge is 0.229 e. The van der Waals surface area contributed by atoms with Crippen molar-refractivity contribution in [3.8, 4) is 5.75 Å². The average Bonchev–Trinajstić information content (AvgIpc) is 2.59. The van der Waals surface area contributed by atoms with Gasteiger partial charge in [-0.25, -0.2) is 0 Å².